The summed E-state index contributed by atoms with van der Waals surface area (Å²) in [5, 5.41) is 15.2. The van der Waals surface area contributed by atoms with Crippen LogP contribution < -0.4 is 10.6 Å². The van der Waals surface area contributed by atoms with Gasteiger partial charge < -0.3 is 25.2 Å². The second-order valence-electron chi connectivity index (χ2n) is 9.52. The van der Waals surface area contributed by atoms with Gasteiger partial charge in [-0.2, -0.15) is 0 Å². The van der Waals surface area contributed by atoms with Crippen molar-refractivity contribution < 1.29 is 29.0 Å². The number of carbonyl (C=O) groups excluding carboxylic acids is 2. The minimum Gasteiger partial charge on any atom is -0.481 e. The van der Waals surface area contributed by atoms with Gasteiger partial charge in [0.25, 0.3) is 0 Å². The van der Waals surface area contributed by atoms with E-state index in [0.717, 1.165) is 22.3 Å². The molecule has 0 radical (unpaired) electrons. The predicted octanol–water partition coefficient (Wildman–Crippen LogP) is 3.69. The summed E-state index contributed by atoms with van der Waals surface area (Å²) in [4.78, 5) is 37.7. The standard InChI is InChI=1S/C27H32N2O6/c1-3-26(2,23(30)28-17-27(24(31)32)12-14-34-15-13-27)29-25(33)35-16-22-20-10-6-4-8-18(20)19-9-5-7-11-21(19)22/h4-11,22H,3,12-17H2,1-2H3,(H,28,30)(H,29,33)(H,31,32). The van der Waals surface area contributed by atoms with Gasteiger partial charge >= 0.3 is 12.1 Å². The summed E-state index contributed by atoms with van der Waals surface area (Å²) < 4.78 is 10.9. The Morgan fingerprint density at radius 3 is 2.17 bits per heavy atom. The van der Waals surface area contributed by atoms with Crippen molar-refractivity contribution in [1.29, 1.82) is 0 Å². The van der Waals surface area contributed by atoms with E-state index in [2.05, 4.69) is 22.8 Å². The van der Waals surface area contributed by atoms with Crippen molar-refractivity contribution in [3.63, 3.8) is 0 Å². The first-order valence-electron chi connectivity index (χ1n) is 12.0. The number of carbonyl (C=O) groups is 3. The minimum atomic E-state index is -1.24. The highest BCUT2D eigenvalue weighted by molar-refractivity contribution is 5.90. The highest BCUT2D eigenvalue weighted by atomic mass is 16.5. The molecule has 2 aromatic rings. The highest BCUT2D eigenvalue weighted by Gasteiger charge is 2.42. The van der Waals surface area contributed by atoms with Crippen LogP contribution >= 0.6 is 0 Å². The molecule has 3 N–H and O–H groups in total. The maximum Gasteiger partial charge on any atom is 0.408 e. The van der Waals surface area contributed by atoms with Crippen molar-refractivity contribution in [3.8, 4) is 11.1 Å². The van der Waals surface area contributed by atoms with Crippen LogP contribution in [0.1, 0.15) is 50.2 Å². The van der Waals surface area contributed by atoms with E-state index in [1.165, 1.54) is 0 Å². The molecule has 1 fully saturated rings. The molecule has 2 aliphatic rings. The molecule has 1 saturated heterocycles. The molecule has 0 saturated carbocycles. The van der Waals surface area contributed by atoms with E-state index in [0.29, 0.717) is 32.5 Å². The predicted molar refractivity (Wildman–Crippen MR) is 130 cm³/mol. The fraction of sp³-hybridized carbons (Fsp3) is 0.444. The van der Waals surface area contributed by atoms with Gasteiger partial charge in [-0.05, 0) is 48.4 Å². The van der Waals surface area contributed by atoms with Crippen molar-refractivity contribution in [2.45, 2.75) is 44.6 Å². The normalized spacial score (nSPS) is 18.0. The Morgan fingerprint density at radius 2 is 1.63 bits per heavy atom. The lowest BCUT2D eigenvalue weighted by Gasteiger charge is -2.35. The molecule has 1 atom stereocenters. The van der Waals surface area contributed by atoms with Gasteiger partial charge in [0.05, 0.1) is 5.41 Å². The number of alkyl carbamates (subject to hydrolysis) is 1. The lowest BCUT2D eigenvalue weighted by atomic mass is 9.80. The van der Waals surface area contributed by atoms with E-state index in [1.54, 1.807) is 13.8 Å². The number of carboxylic acids is 1. The first kappa shape index (κ1) is 24.7. The summed E-state index contributed by atoms with van der Waals surface area (Å²) in [5.41, 5.74) is 2.17. The first-order chi connectivity index (χ1) is 16.8. The molecule has 8 heteroatoms. The van der Waals surface area contributed by atoms with Crippen molar-refractivity contribution in [2.75, 3.05) is 26.4 Å². The quantitative estimate of drug-likeness (QED) is 0.531. The lowest BCUT2D eigenvalue weighted by Crippen LogP contribution is -2.58. The third kappa shape index (κ3) is 4.89. The largest absolute Gasteiger partial charge is 0.481 e. The van der Waals surface area contributed by atoms with Gasteiger partial charge in [0.1, 0.15) is 12.1 Å². The number of amides is 2. The minimum absolute atomic E-state index is 0.0213. The molecule has 1 aliphatic carbocycles. The molecule has 35 heavy (non-hydrogen) atoms. The molecule has 1 heterocycles. The van der Waals surface area contributed by atoms with Gasteiger partial charge in [0.15, 0.2) is 0 Å². The van der Waals surface area contributed by atoms with Crippen molar-refractivity contribution in [1.82, 2.24) is 10.6 Å². The molecular weight excluding hydrogens is 448 g/mol. The fourth-order valence-electron chi connectivity index (χ4n) is 4.84. The van der Waals surface area contributed by atoms with Gasteiger partial charge in [0, 0.05) is 25.7 Å². The van der Waals surface area contributed by atoms with E-state index >= 15 is 0 Å². The number of rotatable bonds is 8. The van der Waals surface area contributed by atoms with E-state index in [9.17, 15) is 19.5 Å². The fourth-order valence-corrected chi connectivity index (χ4v) is 4.84. The van der Waals surface area contributed by atoms with Crippen LogP contribution in [0, 0.1) is 5.41 Å². The Balaban J connectivity index is 1.38. The summed E-state index contributed by atoms with van der Waals surface area (Å²) in [7, 11) is 0. The van der Waals surface area contributed by atoms with E-state index in [-0.39, 0.29) is 19.1 Å². The zero-order chi connectivity index (χ0) is 25.1. The molecule has 186 valence electrons. The second kappa shape index (κ2) is 10.1. The molecular formula is C27H32N2O6. The van der Waals surface area contributed by atoms with Crippen LogP contribution in [0.25, 0.3) is 11.1 Å². The number of ether oxygens (including phenoxy) is 2. The summed E-state index contributed by atoms with van der Waals surface area (Å²) in [6.45, 7) is 4.19. The van der Waals surface area contributed by atoms with E-state index < -0.39 is 28.9 Å². The maximum absolute atomic E-state index is 13.0. The van der Waals surface area contributed by atoms with E-state index in [4.69, 9.17) is 9.47 Å². The number of hydrogen-bond donors (Lipinski definition) is 3. The number of aliphatic carboxylic acids is 1. The average molecular weight is 481 g/mol. The molecule has 0 bridgehead atoms. The summed E-state index contributed by atoms with van der Waals surface area (Å²) in [6.07, 6.45) is 0.272. The van der Waals surface area contributed by atoms with Gasteiger partial charge in [-0.1, -0.05) is 55.5 Å². The number of carboxylic acid groups (broad SMARTS) is 1. The van der Waals surface area contributed by atoms with Gasteiger partial charge in [-0.15, -0.1) is 0 Å². The zero-order valence-corrected chi connectivity index (χ0v) is 20.1. The monoisotopic (exact) mass is 480 g/mol. The molecule has 8 nitrogen and oxygen atoms in total. The Morgan fingerprint density at radius 1 is 1.06 bits per heavy atom. The molecule has 2 aromatic carbocycles. The van der Waals surface area contributed by atoms with Gasteiger partial charge in [-0.3, -0.25) is 9.59 Å². The van der Waals surface area contributed by atoms with Crippen molar-refractivity contribution in [2.24, 2.45) is 5.41 Å². The Hall–Kier alpha value is -3.39. The Kier molecular flexibility index (Phi) is 7.12. The van der Waals surface area contributed by atoms with Crippen molar-refractivity contribution >= 4 is 18.0 Å². The average Bonchev–Trinajstić information content (AvgIpc) is 3.20. The summed E-state index contributed by atoms with van der Waals surface area (Å²) >= 11 is 0. The lowest BCUT2D eigenvalue weighted by molar-refractivity contribution is -0.155. The Labute approximate surface area is 205 Å². The second-order valence-corrected chi connectivity index (χ2v) is 9.52. The highest BCUT2D eigenvalue weighted by Crippen LogP contribution is 2.44. The zero-order valence-electron chi connectivity index (χ0n) is 20.1. The summed E-state index contributed by atoms with van der Waals surface area (Å²) in [5.74, 6) is -1.48. The third-order valence-electron chi connectivity index (χ3n) is 7.42. The molecule has 0 spiro atoms. The van der Waals surface area contributed by atoms with Crippen LogP contribution in [0.4, 0.5) is 4.79 Å². The Bertz CT molecular complexity index is 1060. The molecule has 0 aromatic heterocycles. The van der Waals surface area contributed by atoms with Crippen LogP contribution in [0.15, 0.2) is 48.5 Å². The van der Waals surface area contributed by atoms with Gasteiger partial charge in [-0.25, -0.2) is 4.79 Å². The maximum atomic E-state index is 13.0. The number of hydrogen-bond acceptors (Lipinski definition) is 5. The third-order valence-corrected chi connectivity index (χ3v) is 7.42. The van der Waals surface area contributed by atoms with Crippen LogP contribution in [0.3, 0.4) is 0 Å². The molecule has 4 rings (SSSR count). The van der Waals surface area contributed by atoms with Crippen LogP contribution in [-0.4, -0.2) is 55.0 Å². The SMILES string of the molecule is CCC(C)(NC(=O)OCC1c2ccccc2-c2ccccc21)C(=O)NCC1(C(=O)O)CCOCC1. The van der Waals surface area contributed by atoms with Crippen molar-refractivity contribution in [3.05, 3.63) is 59.7 Å². The number of nitrogens with one attached hydrogen (secondary N) is 2. The van der Waals surface area contributed by atoms with Crippen LogP contribution in [-0.2, 0) is 19.1 Å². The summed E-state index contributed by atoms with van der Waals surface area (Å²) in [6, 6.07) is 16.1. The van der Waals surface area contributed by atoms with E-state index in [1.807, 2.05) is 36.4 Å². The van der Waals surface area contributed by atoms with Crippen LogP contribution in [0.5, 0.6) is 0 Å². The topological polar surface area (TPSA) is 114 Å². The smallest absolute Gasteiger partial charge is 0.408 e. The number of benzene rings is 2. The molecule has 1 aliphatic heterocycles. The number of fused-ring (bicyclic) bond motifs is 3. The molecule has 2 amide bonds. The van der Waals surface area contributed by atoms with Gasteiger partial charge in [0.2, 0.25) is 5.91 Å². The molecule has 1 unspecified atom stereocenters. The van der Waals surface area contributed by atoms with Crippen LogP contribution in [0.2, 0.25) is 0 Å². The first-order valence-corrected chi connectivity index (χ1v) is 12.0.